The molecule has 0 saturated carbocycles. The topological polar surface area (TPSA) is 0 Å². The first-order chi connectivity index (χ1) is 5.68. The quantitative estimate of drug-likeness (QED) is 0.761. The summed E-state index contributed by atoms with van der Waals surface area (Å²) in [5.74, 6) is 1.13. The van der Waals surface area contributed by atoms with Crippen LogP contribution in [0.2, 0.25) is 0 Å². The molecule has 0 atom stereocenters. The Morgan fingerprint density at radius 3 is 2.33 bits per heavy atom. The minimum atomic E-state index is 0.726. The second-order valence-electron chi connectivity index (χ2n) is 2.99. The molecular weight excluding hydrogens is 279 g/mol. The van der Waals surface area contributed by atoms with Gasteiger partial charge in [0, 0.05) is 9.32 Å². The predicted octanol–water partition coefficient (Wildman–Crippen LogP) is 3.93. The van der Waals surface area contributed by atoms with Crippen molar-refractivity contribution >= 4 is 34.4 Å². The van der Waals surface area contributed by atoms with Gasteiger partial charge in [-0.25, -0.2) is 0 Å². The van der Waals surface area contributed by atoms with Gasteiger partial charge < -0.3 is 0 Å². The Morgan fingerprint density at radius 2 is 1.83 bits per heavy atom. The summed E-state index contributed by atoms with van der Waals surface area (Å²) in [6, 6.07) is 8.74. The average molecular weight is 292 g/mol. The third kappa shape index (κ3) is 3.81. The van der Waals surface area contributed by atoms with E-state index in [0.717, 1.165) is 11.0 Å². The fourth-order valence-corrected chi connectivity index (χ4v) is 1.92. The van der Waals surface area contributed by atoms with Gasteiger partial charge in [-0.1, -0.05) is 26.0 Å². The summed E-state index contributed by atoms with van der Waals surface area (Å²) in [6.07, 6.45) is 0. The van der Waals surface area contributed by atoms with Gasteiger partial charge in [0.05, 0.1) is 0 Å². The number of rotatable bonds is 3. The van der Waals surface area contributed by atoms with Crippen LogP contribution in [0.4, 0.5) is 0 Å². The van der Waals surface area contributed by atoms with Crippen LogP contribution in [0.1, 0.15) is 19.4 Å². The van der Waals surface area contributed by atoms with Crippen LogP contribution in [0.5, 0.6) is 0 Å². The van der Waals surface area contributed by atoms with Crippen molar-refractivity contribution < 1.29 is 0 Å². The summed E-state index contributed by atoms with van der Waals surface area (Å²) in [5.41, 5.74) is 1.43. The molecule has 0 bridgehead atoms. The van der Waals surface area contributed by atoms with Gasteiger partial charge in [0.2, 0.25) is 0 Å². The molecule has 0 spiro atoms. The van der Waals surface area contributed by atoms with Crippen molar-refractivity contribution in [2.24, 2.45) is 0 Å². The Bertz CT molecular complexity index is 228. The lowest BCUT2D eigenvalue weighted by Crippen LogP contribution is -1.88. The fourth-order valence-electron chi connectivity index (χ4n) is 0.844. The lowest BCUT2D eigenvalue weighted by atomic mass is 10.2. The van der Waals surface area contributed by atoms with E-state index in [1.165, 1.54) is 9.13 Å². The zero-order valence-corrected chi connectivity index (χ0v) is 10.4. The molecule has 66 valence electrons. The number of benzene rings is 1. The van der Waals surface area contributed by atoms with Gasteiger partial charge in [0.15, 0.2) is 0 Å². The number of halogens is 1. The Balaban J connectivity index is 2.48. The minimum absolute atomic E-state index is 0.726. The Morgan fingerprint density at radius 1 is 1.25 bits per heavy atom. The third-order valence-corrected chi connectivity index (χ3v) is 3.38. The SMILES string of the molecule is CC(C)SCc1ccc(I)cc1. The molecule has 0 aliphatic heterocycles. The maximum atomic E-state index is 2.33. The lowest BCUT2D eigenvalue weighted by Gasteiger charge is -2.04. The molecule has 12 heavy (non-hydrogen) atoms. The van der Waals surface area contributed by atoms with Crippen molar-refractivity contribution in [3.63, 3.8) is 0 Å². The summed E-state index contributed by atoms with van der Waals surface area (Å²) in [4.78, 5) is 0. The summed E-state index contributed by atoms with van der Waals surface area (Å²) in [6.45, 7) is 4.47. The monoisotopic (exact) mass is 292 g/mol. The van der Waals surface area contributed by atoms with E-state index in [1.54, 1.807) is 0 Å². The molecule has 0 aromatic heterocycles. The van der Waals surface area contributed by atoms with Gasteiger partial charge in [0.1, 0.15) is 0 Å². The maximum Gasteiger partial charge on any atom is 0.0187 e. The predicted molar refractivity (Wildman–Crippen MR) is 65.6 cm³/mol. The van der Waals surface area contributed by atoms with Crippen molar-refractivity contribution in [3.8, 4) is 0 Å². The molecule has 1 aromatic rings. The standard InChI is InChI=1S/C10H13IS/c1-8(2)12-7-9-3-5-10(11)6-4-9/h3-6,8H,7H2,1-2H3. The van der Waals surface area contributed by atoms with Crippen molar-refractivity contribution in [3.05, 3.63) is 33.4 Å². The first kappa shape index (κ1) is 10.4. The maximum absolute atomic E-state index is 2.33. The molecule has 1 rings (SSSR count). The van der Waals surface area contributed by atoms with Crippen molar-refractivity contribution in [2.75, 3.05) is 0 Å². The zero-order valence-electron chi connectivity index (χ0n) is 7.38. The van der Waals surface area contributed by atoms with E-state index in [4.69, 9.17) is 0 Å². The molecule has 2 heteroatoms. The molecule has 0 fully saturated rings. The van der Waals surface area contributed by atoms with E-state index in [9.17, 15) is 0 Å². The highest BCUT2D eigenvalue weighted by Gasteiger charge is 1.96. The van der Waals surface area contributed by atoms with E-state index in [0.29, 0.717) is 0 Å². The van der Waals surface area contributed by atoms with Crippen molar-refractivity contribution in [1.82, 2.24) is 0 Å². The summed E-state index contributed by atoms with van der Waals surface area (Å²) < 4.78 is 1.31. The largest absolute Gasteiger partial charge is 0.154 e. The van der Waals surface area contributed by atoms with Crippen LogP contribution in [-0.4, -0.2) is 5.25 Å². The summed E-state index contributed by atoms with van der Waals surface area (Å²) in [7, 11) is 0. The van der Waals surface area contributed by atoms with E-state index in [-0.39, 0.29) is 0 Å². The second-order valence-corrected chi connectivity index (χ2v) is 5.80. The molecule has 0 unspecified atom stereocenters. The average Bonchev–Trinajstić information content (AvgIpc) is 2.03. The van der Waals surface area contributed by atoms with Crippen LogP contribution in [-0.2, 0) is 5.75 Å². The fraction of sp³-hybridized carbons (Fsp3) is 0.400. The number of hydrogen-bond acceptors (Lipinski definition) is 1. The van der Waals surface area contributed by atoms with Crippen LogP contribution < -0.4 is 0 Å². The molecule has 0 radical (unpaired) electrons. The highest BCUT2D eigenvalue weighted by atomic mass is 127. The van der Waals surface area contributed by atoms with Crippen LogP contribution in [0.15, 0.2) is 24.3 Å². The van der Waals surface area contributed by atoms with Crippen LogP contribution in [0.25, 0.3) is 0 Å². The van der Waals surface area contributed by atoms with E-state index >= 15 is 0 Å². The first-order valence-electron chi connectivity index (χ1n) is 4.04. The molecule has 0 amide bonds. The Kier molecular flexibility index (Phi) is 4.43. The molecule has 0 aliphatic carbocycles. The minimum Gasteiger partial charge on any atom is -0.154 e. The second kappa shape index (κ2) is 5.12. The molecule has 0 N–H and O–H groups in total. The summed E-state index contributed by atoms with van der Waals surface area (Å²) in [5, 5.41) is 0.726. The lowest BCUT2D eigenvalue weighted by molar-refractivity contribution is 1.11. The van der Waals surface area contributed by atoms with Gasteiger partial charge in [-0.15, -0.1) is 0 Å². The molecule has 1 aromatic carbocycles. The Labute approximate surface area is 92.3 Å². The molecule has 0 heterocycles. The number of hydrogen-bond donors (Lipinski definition) is 0. The van der Waals surface area contributed by atoms with Crippen molar-refractivity contribution in [1.29, 1.82) is 0 Å². The first-order valence-corrected chi connectivity index (χ1v) is 6.17. The van der Waals surface area contributed by atoms with Crippen molar-refractivity contribution in [2.45, 2.75) is 24.9 Å². The third-order valence-electron chi connectivity index (χ3n) is 1.50. The van der Waals surface area contributed by atoms with Crippen LogP contribution >= 0.6 is 34.4 Å². The van der Waals surface area contributed by atoms with Gasteiger partial charge >= 0.3 is 0 Å². The normalized spacial score (nSPS) is 10.7. The van der Waals surface area contributed by atoms with Gasteiger partial charge in [-0.3, -0.25) is 0 Å². The van der Waals surface area contributed by atoms with Crippen LogP contribution in [0.3, 0.4) is 0 Å². The smallest absolute Gasteiger partial charge is 0.0187 e. The van der Waals surface area contributed by atoms with E-state index in [1.807, 2.05) is 11.8 Å². The highest BCUT2D eigenvalue weighted by molar-refractivity contribution is 14.1. The molecule has 0 saturated heterocycles. The van der Waals surface area contributed by atoms with Gasteiger partial charge in [-0.2, -0.15) is 11.8 Å². The van der Waals surface area contributed by atoms with E-state index < -0.39 is 0 Å². The van der Waals surface area contributed by atoms with Gasteiger partial charge in [0.25, 0.3) is 0 Å². The van der Waals surface area contributed by atoms with Crippen LogP contribution in [0, 0.1) is 3.57 Å². The molecular formula is C10H13IS. The zero-order chi connectivity index (χ0) is 8.97. The van der Waals surface area contributed by atoms with E-state index in [2.05, 4.69) is 60.7 Å². The van der Waals surface area contributed by atoms with Gasteiger partial charge in [-0.05, 0) is 45.5 Å². The Hall–Kier alpha value is 0.300. The molecule has 0 aliphatic rings. The summed E-state index contributed by atoms with van der Waals surface area (Å²) >= 11 is 4.32. The highest BCUT2D eigenvalue weighted by Crippen LogP contribution is 2.17. The molecule has 0 nitrogen and oxygen atoms in total. The number of thioether (sulfide) groups is 1.